The zero-order valence-corrected chi connectivity index (χ0v) is 11.7. The SMILES string of the molecule is CCCCCS(=O)(=O)N1N=Cc2ccccc2B1O. The van der Waals surface area contributed by atoms with Crippen LogP contribution in [0.4, 0.5) is 0 Å². The van der Waals surface area contributed by atoms with Crippen molar-refractivity contribution in [2.75, 3.05) is 5.75 Å². The van der Waals surface area contributed by atoms with Crippen molar-refractivity contribution in [3.8, 4) is 0 Å². The zero-order valence-electron chi connectivity index (χ0n) is 10.9. The first-order chi connectivity index (χ1) is 9.06. The summed E-state index contributed by atoms with van der Waals surface area (Å²) in [5, 5.41) is 14.0. The molecular formula is C12H17BN2O3S. The number of fused-ring (bicyclic) bond motifs is 1. The van der Waals surface area contributed by atoms with E-state index in [9.17, 15) is 13.4 Å². The molecule has 1 heterocycles. The molecule has 0 fully saturated rings. The number of hydrogen-bond donors (Lipinski definition) is 1. The Labute approximate surface area is 114 Å². The molecule has 1 aromatic carbocycles. The lowest BCUT2D eigenvalue weighted by molar-refractivity contribution is 0.474. The van der Waals surface area contributed by atoms with Crippen molar-refractivity contribution in [1.29, 1.82) is 0 Å². The van der Waals surface area contributed by atoms with Crippen LogP contribution in [0.5, 0.6) is 0 Å². The molecule has 102 valence electrons. The lowest BCUT2D eigenvalue weighted by Crippen LogP contribution is -2.52. The maximum absolute atomic E-state index is 12.1. The Balaban J connectivity index is 2.20. The second-order valence-corrected chi connectivity index (χ2v) is 6.49. The predicted octanol–water partition coefficient (Wildman–Crippen LogP) is 0.544. The molecule has 5 nitrogen and oxygen atoms in total. The van der Waals surface area contributed by atoms with Crippen LogP contribution in [-0.2, 0) is 10.0 Å². The minimum absolute atomic E-state index is 0.0113. The van der Waals surface area contributed by atoms with E-state index in [1.165, 1.54) is 6.21 Å². The lowest BCUT2D eigenvalue weighted by Gasteiger charge is -2.25. The van der Waals surface area contributed by atoms with Crippen molar-refractivity contribution in [3.63, 3.8) is 0 Å². The van der Waals surface area contributed by atoms with Gasteiger partial charge in [0, 0.05) is 0 Å². The molecule has 0 aromatic heterocycles. The van der Waals surface area contributed by atoms with Crippen LogP contribution in [0.15, 0.2) is 29.4 Å². The molecule has 0 bridgehead atoms. The van der Waals surface area contributed by atoms with Crippen LogP contribution < -0.4 is 5.46 Å². The topological polar surface area (TPSA) is 70.0 Å². The highest BCUT2D eigenvalue weighted by molar-refractivity contribution is 7.90. The van der Waals surface area contributed by atoms with Gasteiger partial charge in [0.05, 0.1) is 12.0 Å². The second kappa shape index (κ2) is 5.75. The average Bonchev–Trinajstić information content (AvgIpc) is 2.39. The zero-order chi connectivity index (χ0) is 13.9. The normalized spacial score (nSPS) is 14.6. The van der Waals surface area contributed by atoms with Crippen LogP contribution in [0.2, 0.25) is 0 Å². The van der Waals surface area contributed by atoms with Gasteiger partial charge in [-0.3, -0.25) is 0 Å². The summed E-state index contributed by atoms with van der Waals surface area (Å²) >= 11 is 0. The third-order valence-electron chi connectivity index (χ3n) is 3.08. The van der Waals surface area contributed by atoms with Crippen molar-refractivity contribution in [1.82, 2.24) is 4.33 Å². The predicted molar refractivity (Wildman–Crippen MR) is 76.8 cm³/mol. The van der Waals surface area contributed by atoms with E-state index in [2.05, 4.69) is 5.10 Å². The van der Waals surface area contributed by atoms with Gasteiger partial charge in [0.15, 0.2) is 0 Å². The summed E-state index contributed by atoms with van der Waals surface area (Å²) in [4.78, 5) is 0. The van der Waals surface area contributed by atoms with Gasteiger partial charge in [0.25, 0.3) is 0 Å². The first-order valence-corrected chi connectivity index (χ1v) is 8.00. The van der Waals surface area contributed by atoms with Gasteiger partial charge >= 0.3 is 7.05 Å². The van der Waals surface area contributed by atoms with Gasteiger partial charge in [-0.2, -0.15) is 5.10 Å². The Morgan fingerprint density at radius 1 is 1.32 bits per heavy atom. The van der Waals surface area contributed by atoms with Gasteiger partial charge in [-0.15, -0.1) is 0 Å². The van der Waals surface area contributed by atoms with Crippen molar-refractivity contribution in [2.24, 2.45) is 5.10 Å². The molecular weight excluding hydrogens is 263 g/mol. The van der Waals surface area contributed by atoms with Crippen molar-refractivity contribution < 1.29 is 13.4 Å². The monoisotopic (exact) mass is 280 g/mol. The molecule has 1 aliphatic heterocycles. The van der Waals surface area contributed by atoms with E-state index < -0.39 is 17.1 Å². The summed E-state index contributed by atoms with van der Waals surface area (Å²) < 4.78 is 25.1. The Morgan fingerprint density at radius 3 is 2.79 bits per heavy atom. The fraction of sp³-hybridized carbons (Fsp3) is 0.417. The Bertz CT molecular complexity index is 574. The maximum atomic E-state index is 12.1. The van der Waals surface area contributed by atoms with E-state index in [1.54, 1.807) is 18.2 Å². The van der Waals surface area contributed by atoms with Gasteiger partial charge in [-0.25, -0.2) is 12.7 Å². The molecule has 0 spiro atoms. The Kier molecular flexibility index (Phi) is 4.26. The summed E-state index contributed by atoms with van der Waals surface area (Å²) in [5.74, 6) is 0.0113. The van der Waals surface area contributed by atoms with Crippen LogP contribution in [-0.4, -0.2) is 36.8 Å². The summed E-state index contributed by atoms with van der Waals surface area (Å²) in [6.45, 7) is 2.01. The first kappa shape index (κ1) is 14.1. The largest absolute Gasteiger partial charge is 0.484 e. The number of sulfonamides is 1. The quantitative estimate of drug-likeness (QED) is 0.632. The van der Waals surface area contributed by atoms with Gasteiger partial charge in [0.2, 0.25) is 10.0 Å². The Morgan fingerprint density at radius 2 is 2.05 bits per heavy atom. The molecule has 7 heteroatoms. The highest BCUT2D eigenvalue weighted by Crippen LogP contribution is 2.13. The summed E-state index contributed by atoms with van der Waals surface area (Å²) in [6.07, 6.45) is 3.85. The van der Waals surface area contributed by atoms with E-state index >= 15 is 0 Å². The van der Waals surface area contributed by atoms with E-state index in [-0.39, 0.29) is 5.75 Å². The number of benzene rings is 1. The highest BCUT2D eigenvalue weighted by atomic mass is 32.2. The number of hydrogen-bond acceptors (Lipinski definition) is 4. The number of rotatable bonds is 5. The molecule has 19 heavy (non-hydrogen) atoms. The van der Waals surface area contributed by atoms with Gasteiger partial charge in [-0.1, -0.05) is 44.0 Å². The molecule has 0 unspecified atom stereocenters. The van der Waals surface area contributed by atoms with Crippen LogP contribution >= 0.6 is 0 Å². The molecule has 0 amide bonds. The minimum Gasteiger partial charge on any atom is -0.427 e. The second-order valence-electron chi connectivity index (χ2n) is 4.54. The molecule has 0 saturated heterocycles. The third kappa shape index (κ3) is 2.98. The molecule has 1 N–H and O–H groups in total. The summed E-state index contributed by atoms with van der Waals surface area (Å²) in [6, 6.07) is 7.09. The van der Waals surface area contributed by atoms with Gasteiger partial charge in [0.1, 0.15) is 0 Å². The Hall–Kier alpha value is -1.34. The number of nitrogens with zero attached hydrogens (tertiary/aromatic N) is 2. The smallest absolute Gasteiger partial charge is 0.427 e. The van der Waals surface area contributed by atoms with E-state index in [1.807, 2.05) is 13.0 Å². The van der Waals surface area contributed by atoms with E-state index in [0.29, 0.717) is 11.9 Å². The lowest BCUT2D eigenvalue weighted by atomic mass is 9.72. The van der Waals surface area contributed by atoms with Crippen molar-refractivity contribution in [2.45, 2.75) is 26.2 Å². The van der Waals surface area contributed by atoms with Crippen LogP contribution in [0, 0.1) is 0 Å². The summed E-state index contributed by atoms with van der Waals surface area (Å²) in [5.41, 5.74) is 1.31. The maximum Gasteiger partial charge on any atom is 0.484 e. The molecule has 1 aromatic rings. The molecule has 0 radical (unpaired) electrons. The van der Waals surface area contributed by atoms with Gasteiger partial charge in [-0.05, 0) is 17.4 Å². The fourth-order valence-electron chi connectivity index (χ4n) is 2.02. The standard InChI is InChI=1S/C12H17BN2O3S/c1-2-3-6-9-19(17,18)15-13(16)12-8-5-4-7-11(12)10-14-15/h4-5,7-8,10,16H,2-3,6,9H2,1H3. The first-order valence-electron chi connectivity index (χ1n) is 6.39. The third-order valence-corrected chi connectivity index (χ3v) is 4.75. The fourth-order valence-corrected chi connectivity index (χ4v) is 3.38. The minimum atomic E-state index is -3.56. The molecule has 0 atom stereocenters. The van der Waals surface area contributed by atoms with Gasteiger partial charge < -0.3 is 5.02 Å². The van der Waals surface area contributed by atoms with Crippen molar-refractivity contribution >= 4 is 28.8 Å². The van der Waals surface area contributed by atoms with Crippen molar-refractivity contribution in [3.05, 3.63) is 29.8 Å². The van der Waals surface area contributed by atoms with Crippen LogP contribution in [0.25, 0.3) is 0 Å². The van der Waals surface area contributed by atoms with Crippen LogP contribution in [0.3, 0.4) is 0 Å². The molecule has 0 aliphatic carbocycles. The average molecular weight is 280 g/mol. The van der Waals surface area contributed by atoms with E-state index in [4.69, 9.17) is 0 Å². The molecule has 2 rings (SSSR count). The number of hydrazone groups is 1. The molecule has 0 saturated carbocycles. The highest BCUT2D eigenvalue weighted by Gasteiger charge is 2.36. The summed E-state index contributed by atoms with van der Waals surface area (Å²) in [7, 11) is -4.79. The molecule has 1 aliphatic rings. The number of unbranched alkanes of at least 4 members (excludes halogenated alkanes) is 2. The van der Waals surface area contributed by atoms with Crippen LogP contribution in [0.1, 0.15) is 31.7 Å². The van der Waals surface area contributed by atoms with E-state index in [0.717, 1.165) is 22.7 Å².